The van der Waals surface area contributed by atoms with Crippen molar-refractivity contribution in [2.45, 2.75) is 40.0 Å². The lowest BCUT2D eigenvalue weighted by molar-refractivity contribution is -0.145. The fourth-order valence-electron chi connectivity index (χ4n) is 3.64. The average Bonchev–Trinajstić information content (AvgIpc) is 2.86. The summed E-state index contributed by atoms with van der Waals surface area (Å²) in [6.07, 6.45) is 5.13. The Labute approximate surface area is 143 Å². The Hall–Kier alpha value is -1.35. The van der Waals surface area contributed by atoms with Crippen molar-refractivity contribution >= 4 is 23.4 Å². The topological polar surface area (TPSA) is 43.4 Å². The van der Waals surface area contributed by atoms with Crippen molar-refractivity contribution in [2.24, 2.45) is 23.2 Å². The largest absolute Gasteiger partial charge is 0.465 e. The third-order valence-electron chi connectivity index (χ3n) is 5.46. The van der Waals surface area contributed by atoms with Gasteiger partial charge in [0.15, 0.2) is 5.78 Å². The van der Waals surface area contributed by atoms with E-state index in [1.807, 2.05) is 13.0 Å². The molecule has 0 aromatic heterocycles. The minimum atomic E-state index is -0.189. The standard InChI is InChI=1S/C19H25ClO3/c1-5-6-14-12(2)13(9-17(14)21)11-23-18(22)10-16-15(7-8-20)19(16,3)4/h5,7-8,13,15-16H,1,6,9-11H2,2-4H3/b8-7+/t13?,15-,16+/m1/s1. The second kappa shape index (κ2) is 7.04. The van der Waals surface area contributed by atoms with Crippen LogP contribution in [0.2, 0.25) is 0 Å². The molecule has 1 fully saturated rings. The summed E-state index contributed by atoms with van der Waals surface area (Å²) in [6.45, 7) is 10.2. The van der Waals surface area contributed by atoms with Crippen LogP contribution in [0.15, 0.2) is 35.4 Å². The first kappa shape index (κ1) is 18.0. The number of hydrogen-bond donors (Lipinski definition) is 0. The van der Waals surface area contributed by atoms with Gasteiger partial charge in [0.05, 0.1) is 6.61 Å². The smallest absolute Gasteiger partial charge is 0.306 e. The molecular formula is C19H25ClO3. The summed E-state index contributed by atoms with van der Waals surface area (Å²) in [7, 11) is 0. The number of rotatable bonds is 7. The molecule has 23 heavy (non-hydrogen) atoms. The van der Waals surface area contributed by atoms with Crippen LogP contribution in [0.3, 0.4) is 0 Å². The molecule has 0 aliphatic heterocycles. The molecular weight excluding hydrogens is 312 g/mol. The number of carbonyl (C=O) groups is 2. The van der Waals surface area contributed by atoms with Crippen LogP contribution in [0.4, 0.5) is 0 Å². The Kier molecular flexibility index (Phi) is 5.51. The van der Waals surface area contributed by atoms with E-state index in [1.54, 1.807) is 6.08 Å². The van der Waals surface area contributed by atoms with Gasteiger partial charge in [-0.15, -0.1) is 6.58 Å². The van der Waals surface area contributed by atoms with E-state index < -0.39 is 0 Å². The fraction of sp³-hybridized carbons (Fsp3) is 0.579. The molecule has 1 unspecified atom stereocenters. The zero-order chi connectivity index (χ0) is 17.2. The van der Waals surface area contributed by atoms with Gasteiger partial charge >= 0.3 is 5.97 Å². The van der Waals surface area contributed by atoms with Crippen LogP contribution in [-0.4, -0.2) is 18.4 Å². The Balaban J connectivity index is 1.84. The molecule has 0 aromatic carbocycles. The van der Waals surface area contributed by atoms with Gasteiger partial charge in [0.1, 0.15) is 0 Å². The molecule has 0 saturated heterocycles. The maximum atomic E-state index is 12.1. The molecule has 0 heterocycles. The number of halogens is 1. The molecule has 126 valence electrons. The summed E-state index contributed by atoms with van der Waals surface area (Å²) in [5.41, 5.74) is 3.49. The molecule has 0 spiro atoms. The van der Waals surface area contributed by atoms with E-state index in [9.17, 15) is 9.59 Å². The van der Waals surface area contributed by atoms with E-state index in [-0.39, 0.29) is 29.0 Å². The zero-order valence-corrected chi connectivity index (χ0v) is 14.9. The van der Waals surface area contributed by atoms with Gasteiger partial charge in [0.25, 0.3) is 0 Å². The van der Waals surface area contributed by atoms with Crippen molar-refractivity contribution in [3.05, 3.63) is 35.4 Å². The first-order valence-electron chi connectivity index (χ1n) is 8.09. The predicted molar refractivity (Wildman–Crippen MR) is 92.0 cm³/mol. The maximum Gasteiger partial charge on any atom is 0.306 e. The van der Waals surface area contributed by atoms with Crippen LogP contribution in [0, 0.1) is 23.2 Å². The van der Waals surface area contributed by atoms with Crippen LogP contribution < -0.4 is 0 Å². The van der Waals surface area contributed by atoms with Crippen molar-refractivity contribution < 1.29 is 14.3 Å². The van der Waals surface area contributed by atoms with Crippen molar-refractivity contribution in [2.75, 3.05) is 6.61 Å². The summed E-state index contributed by atoms with van der Waals surface area (Å²) in [6, 6.07) is 0. The van der Waals surface area contributed by atoms with E-state index in [1.165, 1.54) is 5.54 Å². The Morgan fingerprint density at radius 3 is 2.78 bits per heavy atom. The predicted octanol–water partition coefficient (Wildman–Crippen LogP) is 4.43. The van der Waals surface area contributed by atoms with Gasteiger partial charge in [-0.25, -0.2) is 0 Å². The molecule has 2 aliphatic carbocycles. The summed E-state index contributed by atoms with van der Waals surface area (Å²) in [4.78, 5) is 24.0. The Bertz CT molecular complexity index is 571. The molecule has 4 heteroatoms. The molecule has 0 bridgehead atoms. The van der Waals surface area contributed by atoms with Crippen molar-refractivity contribution in [3.8, 4) is 0 Å². The molecule has 2 aliphatic rings. The summed E-state index contributed by atoms with van der Waals surface area (Å²) >= 11 is 5.64. The molecule has 1 saturated carbocycles. The van der Waals surface area contributed by atoms with Gasteiger partial charge < -0.3 is 4.74 Å². The highest BCUT2D eigenvalue weighted by atomic mass is 35.5. The number of Topliss-reactive ketones (excluding diaryl/α,β-unsaturated/α-hetero) is 1. The van der Waals surface area contributed by atoms with Gasteiger partial charge in [-0.2, -0.15) is 0 Å². The second-order valence-electron chi connectivity index (χ2n) is 7.14. The molecule has 0 amide bonds. The third kappa shape index (κ3) is 3.77. The number of ether oxygens (including phenoxy) is 1. The highest BCUT2D eigenvalue weighted by Crippen LogP contribution is 2.60. The van der Waals surface area contributed by atoms with Gasteiger partial charge in [-0.1, -0.05) is 43.2 Å². The van der Waals surface area contributed by atoms with Crippen molar-refractivity contribution in [1.82, 2.24) is 0 Å². The molecule has 2 rings (SSSR count). The lowest BCUT2D eigenvalue weighted by Crippen LogP contribution is -2.15. The van der Waals surface area contributed by atoms with E-state index in [4.69, 9.17) is 16.3 Å². The summed E-state index contributed by atoms with van der Waals surface area (Å²) in [5, 5.41) is 0. The highest BCUT2D eigenvalue weighted by molar-refractivity contribution is 6.25. The van der Waals surface area contributed by atoms with Gasteiger partial charge in [0, 0.05) is 24.3 Å². The number of allylic oxidation sites excluding steroid dienone is 3. The van der Waals surface area contributed by atoms with Crippen LogP contribution in [0.1, 0.15) is 40.0 Å². The quantitative estimate of drug-likeness (QED) is 0.510. The van der Waals surface area contributed by atoms with E-state index in [0.717, 1.165) is 11.1 Å². The lowest BCUT2D eigenvalue weighted by atomic mass is 10.0. The number of hydrogen-bond acceptors (Lipinski definition) is 3. The third-order valence-corrected chi connectivity index (χ3v) is 5.60. The molecule has 0 N–H and O–H groups in total. The monoisotopic (exact) mass is 336 g/mol. The maximum absolute atomic E-state index is 12.1. The van der Waals surface area contributed by atoms with Crippen molar-refractivity contribution in [3.63, 3.8) is 0 Å². The van der Waals surface area contributed by atoms with Gasteiger partial charge in [0.2, 0.25) is 0 Å². The van der Waals surface area contributed by atoms with E-state index >= 15 is 0 Å². The Morgan fingerprint density at radius 2 is 2.17 bits per heavy atom. The molecule has 3 atom stereocenters. The summed E-state index contributed by atoms with van der Waals surface area (Å²) < 4.78 is 5.43. The first-order chi connectivity index (χ1) is 10.8. The average molecular weight is 337 g/mol. The number of carbonyl (C=O) groups excluding carboxylic acids is 2. The molecule has 0 radical (unpaired) electrons. The second-order valence-corrected chi connectivity index (χ2v) is 7.39. The van der Waals surface area contributed by atoms with Crippen LogP contribution >= 0.6 is 11.6 Å². The summed E-state index contributed by atoms with van der Waals surface area (Å²) in [5.74, 6) is 0.599. The molecule has 3 nitrogen and oxygen atoms in total. The van der Waals surface area contributed by atoms with E-state index in [2.05, 4.69) is 20.4 Å². The highest BCUT2D eigenvalue weighted by Gasteiger charge is 2.56. The Morgan fingerprint density at radius 1 is 1.48 bits per heavy atom. The minimum absolute atomic E-state index is 0.0205. The van der Waals surface area contributed by atoms with Crippen LogP contribution in [0.5, 0.6) is 0 Å². The van der Waals surface area contributed by atoms with E-state index in [0.29, 0.717) is 31.8 Å². The van der Waals surface area contributed by atoms with Crippen LogP contribution in [0.25, 0.3) is 0 Å². The zero-order valence-electron chi connectivity index (χ0n) is 14.1. The van der Waals surface area contributed by atoms with Crippen LogP contribution in [-0.2, 0) is 14.3 Å². The van der Waals surface area contributed by atoms with Gasteiger partial charge in [-0.3, -0.25) is 9.59 Å². The minimum Gasteiger partial charge on any atom is -0.465 e. The first-order valence-corrected chi connectivity index (χ1v) is 8.52. The number of ketones is 1. The fourth-order valence-corrected chi connectivity index (χ4v) is 3.80. The normalized spacial score (nSPS) is 29.2. The SMILES string of the molecule is C=CCC1=C(C)C(COC(=O)C[C@H]2[C@@H](/C=C/Cl)C2(C)C)CC1=O. The van der Waals surface area contributed by atoms with Crippen molar-refractivity contribution in [1.29, 1.82) is 0 Å². The number of esters is 1. The lowest BCUT2D eigenvalue weighted by Gasteiger charge is -2.12. The molecule has 0 aromatic rings. The van der Waals surface area contributed by atoms with Gasteiger partial charge in [-0.05, 0) is 36.2 Å².